The molecule has 1 N–H and O–H groups in total. The smallest absolute Gasteiger partial charge is 0.333 e. The van der Waals surface area contributed by atoms with Gasteiger partial charge in [-0.05, 0) is 87.9 Å². The number of rotatable bonds is 7. The summed E-state index contributed by atoms with van der Waals surface area (Å²) in [6.07, 6.45) is 7.64. The molecule has 5 aliphatic carbocycles. The molecule has 6 heteroatoms. The normalized spacial score (nSPS) is 42.0. The quantitative estimate of drug-likeness (QED) is 0.292. The molecule has 168 valence electrons. The zero-order valence-corrected chi connectivity index (χ0v) is 18.4. The van der Waals surface area contributed by atoms with Crippen molar-refractivity contribution in [2.24, 2.45) is 29.1 Å². The summed E-state index contributed by atoms with van der Waals surface area (Å²) in [5, 5.41) is 10.8. The van der Waals surface area contributed by atoms with Crippen LogP contribution in [0.2, 0.25) is 0 Å². The summed E-state index contributed by atoms with van der Waals surface area (Å²) in [5.74, 6) is 0.787. The van der Waals surface area contributed by atoms with E-state index in [-0.39, 0.29) is 30.8 Å². The monoisotopic (exact) mass is 420 g/mol. The van der Waals surface area contributed by atoms with Crippen molar-refractivity contribution < 1.29 is 28.9 Å². The van der Waals surface area contributed by atoms with Crippen LogP contribution in [0.15, 0.2) is 12.2 Å². The molecule has 4 bridgehead atoms. The second-order valence-corrected chi connectivity index (χ2v) is 10.8. The summed E-state index contributed by atoms with van der Waals surface area (Å²) >= 11 is 0. The number of carbonyl (C=O) groups is 2. The highest BCUT2D eigenvalue weighted by molar-refractivity contribution is 5.87. The first-order valence-corrected chi connectivity index (χ1v) is 11.5. The molecule has 0 aromatic rings. The van der Waals surface area contributed by atoms with Crippen LogP contribution in [0, 0.1) is 29.1 Å². The lowest BCUT2D eigenvalue weighted by atomic mass is 9.45. The third-order valence-corrected chi connectivity index (χ3v) is 7.99. The van der Waals surface area contributed by atoms with Crippen molar-refractivity contribution in [2.45, 2.75) is 83.3 Å². The molecule has 2 atom stereocenters. The Labute approximate surface area is 179 Å². The Morgan fingerprint density at radius 3 is 2.27 bits per heavy atom. The van der Waals surface area contributed by atoms with E-state index in [1.165, 1.54) is 12.8 Å². The fourth-order valence-electron chi connectivity index (χ4n) is 6.97. The van der Waals surface area contributed by atoms with Crippen molar-refractivity contribution in [1.29, 1.82) is 0 Å². The molecule has 0 saturated heterocycles. The highest BCUT2D eigenvalue weighted by Gasteiger charge is 2.58. The molecular formula is C24H36O6. The first-order valence-electron chi connectivity index (χ1n) is 11.5. The van der Waals surface area contributed by atoms with Gasteiger partial charge in [0, 0.05) is 5.57 Å². The minimum absolute atomic E-state index is 0.000875. The maximum atomic E-state index is 12.4. The zero-order valence-electron chi connectivity index (χ0n) is 18.4. The Bertz CT molecular complexity index is 656. The minimum atomic E-state index is -0.457. The van der Waals surface area contributed by atoms with E-state index in [1.54, 1.807) is 6.92 Å². The first-order chi connectivity index (χ1) is 14.2. The van der Waals surface area contributed by atoms with Gasteiger partial charge in [0.15, 0.2) is 6.79 Å². The molecule has 5 saturated carbocycles. The molecule has 5 rings (SSSR count). The van der Waals surface area contributed by atoms with E-state index < -0.39 is 5.60 Å². The number of carbonyl (C=O) groups excluding carboxylic acids is 2. The highest BCUT2D eigenvalue weighted by atomic mass is 16.7. The highest BCUT2D eigenvalue weighted by Crippen LogP contribution is 2.63. The molecule has 0 spiro atoms. The lowest BCUT2D eigenvalue weighted by Crippen LogP contribution is -2.59. The predicted octanol–water partition coefficient (Wildman–Crippen LogP) is 3.76. The topological polar surface area (TPSA) is 82.1 Å². The first kappa shape index (κ1) is 21.8. The molecule has 0 heterocycles. The number of esters is 2. The van der Waals surface area contributed by atoms with Gasteiger partial charge in [0.1, 0.15) is 6.10 Å². The van der Waals surface area contributed by atoms with Crippen LogP contribution in [0.5, 0.6) is 0 Å². The van der Waals surface area contributed by atoms with E-state index in [0.717, 1.165) is 19.3 Å². The summed E-state index contributed by atoms with van der Waals surface area (Å²) in [7, 11) is 0. The minimum Gasteiger partial charge on any atom is -0.459 e. The molecule has 0 aromatic heterocycles. The van der Waals surface area contributed by atoms with Crippen molar-refractivity contribution in [1.82, 2.24) is 0 Å². The van der Waals surface area contributed by atoms with Crippen LogP contribution < -0.4 is 0 Å². The molecule has 2 unspecified atom stereocenters. The van der Waals surface area contributed by atoms with E-state index in [9.17, 15) is 14.7 Å². The molecule has 6 nitrogen and oxygen atoms in total. The molecule has 30 heavy (non-hydrogen) atoms. The van der Waals surface area contributed by atoms with Gasteiger partial charge in [0.05, 0.1) is 18.1 Å². The summed E-state index contributed by atoms with van der Waals surface area (Å²) in [4.78, 5) is 24.0. The van der Waals surface area contributed by atoms with Gasteiger partial charge in [-0.1, -0.05) is 13.5 Å². The summed E-state index contributed by atoms with van der Waals surface area (Å²) < 4.78 is 16.5. The van der Waals surface area contributed by atoms with E-state index in [0.29, 0.717) is 61.0 Å². The second-order valence-electron chi connectivity index (χ2n) is 10.8. The van der Waals surface area contributed by atoms with E-state index in [2.05, 4.69) is 13.5 Å². The molecule has 0 amide bonds. The zero-order chi connectivity index (χ0) is 21.5. The molecule has 0 aromatic carbocycles. The van der Waals surface area contributed by atoms with Crippen LogP contribution >= 0.6 is 0 Å². The van der Waals surface area contributed by atoms with Crippen LogP contribution in [-0.2, 0) is 23.8 Å². The average molecular weight is 421 g/mol. The van der Waals surface area contributed by atoms with Crippen LogP contribution in [0.4, 0.5) is 0 Å². The standard InChI is InChI=1S/C24H36O6/c1-15(2)21(25)30-19-6-4-16(5-7-19)22(26)29-14-28-12-20-17-8-23(3)9-18(20)11-24(27,10-17)13-23/h16-20,27H,1,4-14H2,2-3H3. The van der Waals surface area contributed by atoms with Crippen LogP contribution in [0.3, 0.4) is 0 Å². The maximum absolute atomic E-state index is 12.4. The molecular weight excluding hydrogens is 384 g/mol. The SMILES string of the molecule is C=C(C)C(=O)OC1CCC(C(=O)OCOCC2C3CC4(C)CC2CC(O)(C3)C4)CC1. The van der Waals surface area contributed by atoms with Gasteiger partial charge in [-0.3, -0.25) is 4.79 Å². The van der Waals surface area contributed by atoms with E-state index >= 15 is 0 Å². The Morgan fingerprint density at radius 2 is 1.70 bits per heavy atom. The summed E-state index contributed by atoms with van der Waals surface area (Å²) in [6.45, 7) is 8.16. The van der Waals surface area contributed by atoms with Crippen LogP contribution in [0.1, 0.15) is 71.6 Å². The van der Waals surface area contributed by atoms with Gasteiger partial charge in [0.25, 0.3) is 0 Å². The molecule has 0 radical (unpaired) electrons. The lowest BCUT2D eigenvalue weighted by molar-refractivity contribution is -0.199. The summed E-state index contributed by atoms with van der Waals surface area (Å²) in [6, 6.07) is 0. The van der Waals surface area contributed by atoms with Gasteiger partial charge in [0.2, 0.25) is 0 Å². The van der Waals surface area contributed by atoms with Gasteiger partial charge in [-0.2, -0.15) is 0 Å². The maximum Gasteiger partial charge on any atom is 0.333 e. The van der Waals surface area contributed by atoms with Crippen molar-refractivity contribution in [3.05, 3.63) is 12.2 Å². The Morgan fingerprint density at radius 1 is 1.07 bits per heavy atom. The molecule has 0 aliphatic heterocycles. The van der Waals surface area contributed by atoms with Crippen molar-refractivity contribution in [2.75, 3.05) is 13.4 Å². The number of hydrogen-bond acceptors (Lipinski definition) is 6. The van der Waals surface area contributed by atoms with Crippen LogP contribution in [0.25, 0.3) is 0 Å². The van der Waals surface area contributed by atoms with E-state index in [1.807, 2.05) is 0 Å². The third kappa shape index (κ3) is 4.59. The van der Waals surface area contributed by atoms with Crippen molar-refractivity contribution in [3.8, 4) is 0 Å². The fourth-order valence-corrected chi connectivity index (χ4v) is 6.97. The fraction of sp³-hybridized carbons (Fsp3) is 0.833. The summed E-state index contributed by atoms with van der Waals surface area (Å²) in [5.41, 5.74) is 0.235. The molecule has 5 fully saturated rings. The Hall–Kier alpha value is -1.40. The average Bonchev–Trinajstić information content (AvgIpc) is 2.65. The number of ether oxygens (including phenoxy) is 3. The van der Waals surface area contributed by atoms with Crippen molar-refractivity contribution >= 4 is 11.9 Å². The van der Waals surface area contributed by atoms with Gasteiger partial charge >= 0.3 is 11.9 Å². The van der Waals surface area contributed by atoms with Gasteiger partial charge in [-0.25, -0.2) is 4.79 Å². The van der Waals surface area contributed by atoms with Crippen LogP contribution in [-0.4, -0.2) is 42.1 Å². The Kier molecular flexibility index (Phi) is 6.01. The van der Waals surface area contributed by atoms with E-state index in [4.69, 9.17) is 14.2 Å². The third-order valence-electron chi connectivity index (χ3n) is 7.99. The largest absolute Gasteiger partial charge is 0.459 e. The molecule has 5 aliphatic rings. The van der Waals surface area contributed by atoms with Crippen molar-refractivity contribution in [3.63, 3.8) is 0 Å². The lowest BCUT2D eigenvalue weighted by Gasteiger charge is -2.62. The van der Waals surface area contributed by atoms with Gasteiger partial charge < -0.3 is 19.3 Å². The number of aliphatic hydroxyl groups is 1. The Balaban J connectivity index is 1.15. The predicted molar refractivity (Wildman–Crippen MR) is 110 cm³/mol. The van der Waals surface area contributed by atoms with Gasteiger partial charge in [-0.15, -0.1) is 0 Å². The second kappa shape index (κ2) is 8.27. The number of hydrogen-bond donors (Lipinski definition) is 1.